The summed E-state index contributed by atoms with van der Waals surface area (Å²) in [6.07, 6.45) is 3.63. The number of benzene rings is 3. The molecule has 0 saturated carbocycles. The quantitative estimate of drug-likeness (QED) is 0.366. The molecule has 0 saturated heterocycles. The van der Waals surface area contributed by atoms with Crippen molar-refractivity contribution in [2.75, 3.05) is 0 Å². The van der Waals surface area contributed by atoms with Crippen LogP contribution < -0.4 is 0 Å². The molecule has 2 aromatic heterocycles. The van der Waals surface area contributed by atoms with Crippen LogP contribution in [0.25, 0.3) is 43.7 Å². The van der Waals surface area contributed by atoms with Crippen molar-refractivity contribution in [3.63, 3.8) is 0 Å². The second-order valence-electron chi connectivity index (χ2n) is 6.98. The fraction of sp³-hybridized carbons (Fsp3) is 0.217. The molecule has 124 valence electrons. The Morgan fingerprint density at radius 3 is 2.52 bits per heavy atom. The first kappa shape index (κ1) is 14.6. The minimum atomic E-state index is 0.959. The molecule has 0 bridgehead atoms. The molecule has 0 aliphatic carbocycles. The van der Waals surface area contributed by atoms with E-state index in [1.165, 1.54) is 51.0 Å². The van der Waals surface area contributed by atoms with Gasteiger partial charge in [0.15, 0.2) is 0 Å². The summed E-state index contributed by atoms with van der Waals surface area (Å²) in [5.74, 6) is 0. The third kappa shape index (κ3) is 2.10. The highest BCUT2D eigenvalue weighted by molar-refractivity contribution is 6.16. The van der Waals surface area contributed by atoms with Crippen LogP contribution in [0.4, 0.5) is 0 Å². The van der Waals surface area contributed by atoms with Crippen molar-refractivity contribution in [1.29, 1.82) is 0 Å². The van der Waals surface area contributed by atoms with Crippen molar-refractivity contribution < 1.29 is 4.42 Å². The van der Waals surface area contributed by atoms with E-state index in [-0.39, 0.29) is 0 Å². The van der Waals surface area contributed by atoms with Crippen molar-refractivity contribution >= 4 is 43.7 Å². The molecule has 0 spiro atoms. The Labute approximate surface area is 146 Å². The Kier molecular flexibility index (Phi) is 3.14. The maximum Gasteiger partial charge on any atom is 0.137 e. The zero-order valence-electron chi connectivity index (χ0n) is 14.7. The van der Waals surface area contributed by atoms with Crippen LogP contribution in [-0.2, 0) is 13.5 Å². The van der Waals surface area contributed by atoms with Crippen molar-refractivity contribution in [3.8, 4) is 0 Å². The normalized spacial score (nSPS) is 12.1. The fourth-order valence-electron chi connectivity index (χ4n) is 4.01. The van der Waals surface area contributed by atoms with E-state index < -0.39 is 0 Å². The standard InChI is InChI=1S/C23H21NO/c1-3-4-7-15-10-11-20-17(12-15)18-13-19-16-8-5-6-9-22(16)25-23(19)14-21(18)24(20)2/h5-6,8-14H,3-4,7H2,1-2H3. The van der Waals surface area contributed by atoms with Gasteiger partial charge in [-0.05, 0) is 42.7 Å². The monoisotopic (exact) mass is 327 g/mol. The summed E-state index contributed by atoms with van der Waals surface area (Å²) in [6, 6.07) is 19.7. The molecule has 0 radical (unpaired) electrons. The van der Waals surface area contributed by atoms with Gasteiger partial charge in [0, 0.05) is 40.2 Å². The van der Waals surface area contributed by atoms with Gasteiger partial charge in [-0.1, -0.05) is 37.6 Å². The molecule has 0 fully saturated rings. The van der Waals surface area contributed by atoms with E-state index in [9.17, 15) is 0 Å². The molecule has 2 nitrogen and oxygen atoms in total. The lowest BCUT2D eigenvalue weighted by Crippen LogP contribution is -1.87. The highest BCUT2D eigenvalue weighted by Crippen LogP contribution is 2.36. The molecular formula is C23H21NO. The SMILES string of the molecule is CCCCc1ccc2c(c1)c1cc3c(cc1n2C)oc1ccccc13. The molecule has 0 atom stereocenters. The van der Waals surface area contributed by atoms with E-state index in [0.29, 0.717) is 0 Å². The summed E-state index contributed by atoms with van der Waals surface area (Å²) >= 11 is 0. The zero-order chi connectivity index (χ0) is 17.0. The average molecular weight is 327 g/mol. The first-order chi connectivity index (χ1) is 12.3. The number of hydrogen-bond acceptors (Lipinski definition) is 1. The maximum atomic E-state index is 6.08. The van der Waals surface area contributed by atoms with E-state index >= 15 is 0 Å². The number of para-hydroxylation sites is 1. The Balaban J connectivity index is 1.86. The second-order valence-corrected chi connectivity index (χ2v) is 6.98. The van der Waals surface area contributed by atoms with Crippen LogP contribution in [0, 0.1) is 0 Å². The Hall–Kier alpha value is -2.74. The number of fused-ring (bicyclic) bond motifs is 6. The highest BCUT2D eigenvalue weighted by Gasteiger charge is 2.13. The molecule has 2 heteroatoms. The van der Waals surface area contributed by atoms with Crippen molar-refractivity contribution in [2.45, 2.75) is 26.2 Å². The molecule has 0 aliphatic rings. The van der Waals surface area contributed by atoms with Gasteiger partial charge >= 0.3 is 0 Å². The van der Waals surface area contributed by atoms with Gasteiger partial charge in [-0.15, -0.1) is 0 Å². The van der Waals surface area contributed by atoms with Crippen LogP contribution in [0.1, 0.15) is 25.3 Å². The smallest absolute Gasteiger partial charge is 0.137 e. The van der Waals surface area contributed by atoms with E-state index in [2.05, 4.69) is 61.0 Å². The van der Waals surface area contributed by atoms with Crippen LogP contribution in [-0.4, -0.2) is 4.57 Å². The third-order valence-electron chi connectivity index (χ3n) is 5.39. The lowest BCUT2D eigenvalue weighted by atomic mass is 10.0. The summed E-state index contributed by atoms with van der Waals surface area (Å²) < 4.78 is 8.35. The van der Waals surface area contributed by atoms with Crippen LogP contribution in [0.5, 0.6) is 0 Å². The number of hydrogen-bond donors (Lipinski definition) is 0. The Morgan fingerprint density at radius 1 is 0.800 bits per heavy atom. The van der Waals surface area contributed by atoms with Gasteiger partial charge in [0.2, 0.25) is 0 Å². The van der Waals surface area contributed by atoms with Crippen molar-refractivity contribution in [3.05, 3.63) is 60.2 Å². The lowest BCUT2D eigenvalue weighted by molar-refractivity contribution is 0.669. The van der Waals surface area contributed by atoms with E-state index in [1.807, 2.05) is 12.1 Å². The molecule has 5 aromatic rings. The maximum absolute atomic E-state index is 6.08. The number of aromatic nitrogens is 1. The first-order valence-electron chi connectivity index (χ1n) is 9.08. The molecule has 0 aliphatic heterocycles. The molecule has 0 unspecified atom stereocenters. The average Bonchev–Trinajstić information content (AvgIpc) is 3.14. The number of nitrogens with zero attached hydrogens (tertiary/aromatic N) is 1. The van der Waals surface area contributed by atoms with Crippen LogP contribution in [0.15, 0.2) is 59.0 Å². The molecule has 5 rings (SSSR count). The van der Waals surface area contributed by atoms with Crippen molar-refractivity contribution in [1.82, 2.24) is 4.57 Å². The number of furan rings is 1. The van der Waals surface area contributed by atoms with E-state index in [4.69, 9.17) is 4.42 Å². The summed E-state index contributed by atoms with van der Waals surface area (Å²) in [7, 11) is 2.14. The third-order valence-corrected chi connectivity index (χ3v) is 5.39. The molecule has 25 heavy (non-hydrogen) atoms. The Morgan fingerprint density at radius 2 is 1.64 bits per heavy atom. The zero-order valence-corrected chi connectivity index (χ0v) is 14.7. The van der Waals surface area contributed by atoms with Gasteiger partial charge < -0.3 is 8.98 Å². The summed E-state index contributed by atoms with van der Waals surface area (Å²) in [4.78, 5) is 0. The Bertz CT molecular complexity index is 1240. The van der Waals surface area contributed by atoms with Gasteiger partial charge in [-0.2, -0.15) is 0 Å². The van der Waals surface area contributed by atoms with Crippen LogP contribution in [0.3, 0.4) is 0 Å². The second kappa shape index (κ2) is 5.38. The highest BCUT2D eigenvalue weighted by atomic mass is 16.3. The first-order valence-corrected chi connectivity index (χ1v) is 9.08. The molecule has 0 amide bonds. The summed E-state index contributed by atoms with van der Waals surface area (Å²) in [6.45, 7) is 2.25. The minimum absolute atomic E-state index is 0.959. The minimum Gasteiger partial charge on any atom is -0.456 e. The van der Waals surface area contributed by atoms with Gasteiger partial charge in [-0.25, -0.2) is 0 Å². The van der Waals surface area contributed by atoms with Crippen LogP contribution >= 0.6 is 0 Å². The lowest BCUT2D eigenvalue weighted by Gasteiger charge is -2.01. The topological polar surface area (TPSA) is 18.1 Å². The molecule has 2 heterocycles. The number of unbranched alkanes of at least 4 members (excludes halogenated alkanes) is 1. The molecular weight excluding hydrogens is 306 g/mol. The summed E-state index contributed by atoms with van der Waals surface area (Å²) in [5, 5.41) is 5.06. The van der Waals surface area contributed by atoms with E-state index in [1.54, 1.807) is 0 Å². The largest absolute Gasteiger partial charge is 0.456 e. The predicted molar refractivity (Wildman–Crippen MR) is 106 cm³/mol. The number of rotatable bonds is 3. The van der Waals surface area contributed by atoms with E-state index in [0.717, 1.165) is 17.6 Å². The van der Waals surface area contributed by atoms with Crippen molar-refractivity contribution in [2.24, 2.45) is 7.05 Å². The van der Waals surface area contributed by atoms with Gasteiger partial charge in [0.25, 0.3) is 0 Å². The van der Waals surface area contributed by atoms with Gasteiger partial charge in [0.05, 0.1) is 5.52 Å². The van der Waals surface area contributed by atoms with Gasteiger partial charge in [0.1, 0.15) is 11.2 Å². The van der Waals surface area contributed by atoms with Crippen LogP contribution in [0.2, 0.25) is 0 Å². The molecule has 3 aromatic carbocycles. The predicted octanol–water partition coefficient (Wildman–Crippen LogP) is 6.57. The summed E-state index contributed by atoms with van der Waals surface area (Å²) in [5.41, 5.74) is 5.87. The van der Waals surface area contributed by atoms with Gasteiger partial charge in [-0.3, -0.25) is 0 Å². The fourth-order valence-corrected chi connectivity index (χ4v) is 4.01. The number of aryl methyl sites for hydroxylation is 2. The molecule has 0 N–H and O–H groups in total.